The van der Waals surface area contributed by atoms with Crippen molar-refractivity contribution in [3.05, 3.63) is 218 Å². The van der Waals surface area contributed by atoms with Crippen molar-refractivity contribution in [1.82, 2.24) is 19.1 Å². The molecule has 14 rings (SSSR count). The number of nitrogens with zero attached hydrogens (tertiary/aromatic N) is 4. The molecule has 0 saturated heterocycles. The van der Waals surface area contributed by atoms with Crippen LogP contribution in [0.3, 0.4) is 0 Å². The Balaban J connectivity index is 0.956. The molecule has 0 N–H and O–H groups in total. The lowest BCUT2D eigenvalue weighted by atomic mass is 9.92. The smallest absolute Gasteiger partial charge is 0.160 e. The highest BCUT2D eigenvalue weighted by Crippen LogP contribution is 2.42. The minimum atomic E-state index is 0.700. The van der Waals surface area contributed by atoms with E-state index in [0.717, 1.165) is 50.1 Å². The zero-order chi connectivity index (χ0) is 41.9. The minimum absolute atomic E-state index is 0.700. The first kappa shape index (κ1) is 35.0. The third-order valence-electron chi connectivity index (χ3n) is 13.5. The van der Waals surface area contributed by atoms with Crippen molar-refractivity contribution in [3.8, 4) is 34.0 Å². The summed E-state index contributed by atoms with van der Waals surface area (Å²) in [5, 5.41) is 15.9. The fraction of sp³-hybridized carbons (Fsp3) is 0. The number of hydrogen-bond donors (Lipinski definition) is 0. The highest BCUT2D eigenvalue weighted by molar-refractivity contribution is 6.26. The molecular weight excluding hydrogens is 777 g/mol. The Bertz CT molecular complexity index is 4160. The predicted octanol–water partition coefficient (Wildman–Crippen LogP) is 15.8. The predicted molar refractivity (Wildman–Crippen MR) is 269 cm³/mol. The zero-order valence-electron chi connectivity index (χ0n) is 34.6. The van der Waals surface area contributed by atoms with E-state index in [4.69, 9.17) is 9.97 Å². The first-order chi connectivity index (χ1) is 31.7. The molecule has 0 aliphatic heterocycles. The second-order valence-electron chi connectivity index (χ2n) is 16.9. The summed E-state index contributed by atoms with van der Waals surface area (Å²) in [6, 6.07) is 79.1. The second-order valence-corrected chi connectivity index (χ2v) is 16.9. The fourth-order valence-electron chi connectivity index (χ4n) is 10.6. The van der Waals surface area contributed by atoms with E-state index in [9.17, 15) is 0 Å². The zero-order valence-corrected chi connectivity index (χ0v) is 34.6. The lowest BCUT2D eigenvalue weighted by Gasteiger charge is -2.14. The largest absolute Gasteiger partial charge is 0.309 e. The van der Waals surface area contributed by atoms with Gasteiger partial charge in [0.25, 0.3) is 0 Å². The summed E-state index contributed by atoms with van der Waals surface area (Å²) < 4.78 is 4.87. The van der Waals surface area contributed by atoms with Gasteiger partial charge in [0, 0.05) is 43.7 Å². The number of fused-ring (bicyclic) bond motifs is 14. The molecule has 0 spiro atoms. The molecule has 0 radical (unpaired) electrons. The van der Waals surface area contributed by atoms with E-state index in [0.29, 0.717) is 5.82 Å². The molecule has 0 aliphatic rings. The molecule has 3 aromatic heterocycles. The molecule has 14 aromatic rings. The van der Waals surface area contributed by atoms with Gasteiger partial charge in [0.2, 0.25) is 0 Å². The van der Waals surface area contributed by atoms with Gasteiger partial charge in [0.15, 0.2) is 5.82 Å². The molecule has 0 fully saturated rings. The number of para-hydroxylation sites is 3. The van der Waals surface area contributed by atoms with Gasteiger partial charge in [0.05, 0.1) is 39.0 Å². The van der Waals surface area contributed by atoms with Gasteiger partial charge in [-0.25, -0.2) is 9.97 Å². The molecule has 0 aliphatic carbocycles. The van der Waals surface area contributed by atoms with Crippen LogP contribution in [-0.4, -0.2) is 19.1 Å². The highest BCUT2D eigenvalue weighted by atomic mass is 15.0. The van der Waals surface area contributed by atoms with Crippen molar-refractivity contribution in [2.45, 2.75) is 0 Å². The Morgan fingerprint density at radius 2 is 0.828 bits per heavy atom. The van der Waals surface area contributed by atoms with Crippen LogP contribution < -0.4 is 0 Å². The third kappa shape index (κ3) is 5.05. The van der Waals surface area contributed by atoms with Gasteiger partial charge in [-0.05, 0) is 116 Å². The maximum atomic E-state index is 5.39. The molecular formula is C60H36N4. The molecule has 0 amide bonds. The fourth-order valence-corrected chi connectivity index (χ4v) is 10.6. The van der Waals surface area contributed by atoms with Crippen molar-refractivity contribution >= 4 is 97.6 Å². The van der Waals surface area contributed by atoms with E-state index in [1.807, 2.05) is 0 Å². The van der Waals surface area contributed by atoms with E-state index in [2.05, 4.69) is 228 Å². The molecule has 11 aromatic carbocycles. The van der Waals surface area contributed by atoms with Gasteiger partial charge in [-0.15, -0.1) is 0 Å². The maximum absolute atomic E-state index is 5.39. The molecule has 296 valence electrons. The van der Waals surface area contributed by atoms with Gasteiger partial charge in [0.1, 0.15) is 0 Å². The van der Waals surface area contributed by atoms with Crippen molar-refractivity contribution in [2.24, 2.45) is 0 Å². The average molecular weight is 813 g/mol. The van der Waals surface area contributed by atoms with Crippen LogP contribution in [0.25, 0.3) is 132 Å². The molecule has 0 bridgehead atoms. The lowest BCUT2D eigenvalue weighted by Crippen LogP contribution is -1.98. The summed E-state index contributed by atoms with van der Waals surface area (Å²) in [5.74, 6) is 0.700. The summed E-state index contributed by atoms with van der Waals surface area (Å²) in [5.41, 5.74) is 10.8. The van der Waals surface area contributed by atoms with Crippen LogP contribution in [0.1, 0.15) is 0 Å². The van der Waals surface area contributed by atoms with Gasteiger partial charge < -0.3 is 9.13 Å². The summed E-state index contributed by atoms with van der Waals surface area (Å²) >= 11 is 0. The Hall–Kier alpha value is -8.60. The topological polar surface area (TPSA) is 35.6 Å². The molecule has 3 heterocycles. The van der Waals surface area contributed by atoms with Gasteiger partial charge >= 0.3 is 0 Å². The van der Waals surface area contributed by atoms with Crippen molar-refractivity contribution in [2.75, 3.05) is 0 Å². The summed E-state index contributed by atoms with van der Waals surface area (Å²) in [7, 11) is 0. The van der Waals surface area contributed by atoms with Crippen LogP contribution in [0.15, 0.2) is 218 Å². The van der Waals surface area contributed by atoms with Gasteiger partial charge in [-0.2, -0.15) is 0 Å². The van der Waals surface area contributed by atoms with Crippen LogP contribution in [0.5, 0.6) is 0 Å². The Labute approximate surface area is 367 Å². The van der Waals surface area contributed by atoms with Crippen LogP contribution in [0.4, 0.5) is 0 Å². The van der Waals surface area contributed by atoms with E-state index in [1.54, 1.807) is 0 Å². The Kier molecular flexibility index (Phi) is 7.36. The van der Waals surface area contributed by atoms with Crippen molar-refractivity contribution in [3.63, 3.8) is 0 Å². The molecule has 0 unspecified atom stereocenters. The van der Waals surface area contributed by atoms with Gasteiger partial charge in [-0.3, -0.25) is 0 Å². The Morgan fingerprint density at radius 1 is 0.297 bits per heavy atom. The molecule has 4 nitrogen and oxygen atoms in total. The summed E-state index contributed by atoms with van der Waals surface area (Å²) in [6.45, 7) is 0. The first-order valence-corrected chi connectivity index (χ1v) is 21.9. The molecule has 64 heavy (non-hydrogen) atoms. The monoisotopic (exact) mass is 812 g/mol. The number of benzene rings is 11. The third-order valence-corrected chi connectivity index (χ3v) is 13.5. The lowest BCUT2D eigenvalue weighted by molar-refractivity contribution is 1.17. The average Bonchev–Trinajstić information content (AvgIpc) is 3.88. The second kappa shape index (κ2) is 13.4. The highest BCUT2D eigenvalue weighted by Gasteiger charge is 2.21. The first-order valence-electron chi connectivity index (χ1n) is 21.9. The molecule has 4 heteroatoms. The van der Waals surface area contributed by atoms with E-state index in [1.165, 1.54) is 75.7 Å². The summed E-state index contributed by atoms with van der Waals surface area (Å²) in [6.07, 6.45) is 0. The number of hydrogen-bond acceptors (Lipinski definition) is 2. The van der Waals surface area contributed by atoms with Crippen LogP contribution in [0, 0.1) is 0 Å². The van der Waals surface area contributed by atoms with Crippen LogP contribution >= 0.6 is 0 Å². The quantitative estimate of drug-likeness (QED) is 0.166. The number of aromatic nitrogens is 4. The normalized spacial score (nSPS) is 12.1. The summed E-state index contributed by atoms with van der Waals surface area (Å²) in [4.78, 5) is 10.6. The maximum Gasteiger partial charge on any atom is 0.160 e. The van der Waals surface area contributed by atoms with E-state index < -0.39 is 0 Å². The minimum Gasteiger partial charge on any atom is -0.309 e. The standard InChI is InChI=1S/C60H36N4/c1-2-15-39-36-57-51(34-38(39)14-1)58-55(26-13-27-56(58)64-53-24-11-8-20-47(53)48-21-9-12-25-54(48)64)63(57)41-31-28-37(29-32-41)60-61-52-23-10-7-22-49(52)59(62-60)40-30-33-46-44-18-4-3-16-42(44)43-17-5-6-19-45(43)50(46)35-40/h1-36H. The SMILES string of the molecule is c1ccc2cc3c(cc2c1)c1c(-n2c4ccccc4c4ccccc42)cccc1n3-c1ccc(-c2nc(-c3ccc4c5ccccc5c5ccccc5c4c3)c3ccccc3n2)cc1. The van der Waals surface area contributed by atoms with Crippen LogP contribution in [0.2, 0.25) is 0 Å². The van der Waals surface area contributed by atoms with Crippen molar-refractivity contribution < 1.29 is 0 Å². The molecule has 0 atom stereocenters. The number of rotatable bonds is 4. The van der Waals surface area contributed by atoms with Crippen LogP contribution in [-0.2, 0) is 0 Å². The van der Waals surface area contributed by atoms with Crippen molar-refractivity contribution in [1.29, 1.82) is 0 Å². The van der Waals surface area contributed by atoms with E-state index >= 15 is 0 Å². The molecule has 0 saturated carbocycles. The Morgan fingerprint density at radius 3 is 1.52 bits per heavy atom. The van der Waals surface area contributed by atoms with Gasteiger partial charge in [-0.1, -0.05) is 146 Å². The van der Waals surface area contributed by atoms with E-state index in [-0.39, 0.29) is 0 Å².